The lowest BCUT2D eigenvalue weighted by atomic mass is 10.0. The fourth-order valence-electron chi connectivity index (χ4n) is 3.47. The van der Waals surface area contributed by atoms with Crippen LogP contribution in [0.5, 0.6) is 11.5 Å². The number of furan rings is 1. The first-order valence-electron chi connectivity index (χ1n) is 10.6. The molecule has 1 aliphatic heterocycles. The molecule has 0 aliphatic carbocycles. The van der Waals surface area contributed by atoms with Crippen molar-refractivity contribution in [3.63, 3.8) is 0 Å². The van der Waals surface area contributed by atoms with Crippen LogP contribution in [0.25, 0.3) is 0 Å². The largest absolute Gasteiger partial charge is 0.494 e. The van der Waals surface area contributed by atoms with E-state index in [0.29, 0.717) is 31.4 Å². The van der Waals surface area contributed by atoms with Gasteiger partial charge in [0.25, 0.3) is 0 Å². The highest BCUT2D eigenvalue weighted by Crippen LogP contribution is 2.35. The topological polar surface area (TPSA) is 88.3 Å². The minimum Gasteiger partial charge on any atom is -0.494 e. The van der Waals surface area contributed by atoms with Crippen LogP contribution in [-0.4, -0.2) is 36.9 Å². The Labute approximate surface area is 201 Å². The number of nitrogens with one attached hydrogen (secondary N) is 2. The Bertz CT molecular complexity index is 895. The highest BCUT2D eigenvalue weighted by Gasteiger charge is 2.27. The van der Waals surface area contributed by atoms with Crippen LogP contribution in [0.3, 0.4) is 0 Å². The molecule has 0 spiro atoms. The molecule has 0 saturated heterocycles. The van der Waals surface area contributed by atoms with E-state index >= 15 is 0 Å². The molecule has 2 heterocycles. The molecule has 172 valence electrons. The Morgan fingerprint density at radius 2 is 2.06 bits per heavy atom. The molecule has 3 N–H and O–H groups in total. The van der Waals surface area contributed by atoms with Gasteiger partial charge in [-0.3, -0.25) is 0 Å². The second kappa shape index (κ2) is 11.1. The highest BCUT2D eigenvalue weighted by atomic mass is 127. The first-order valence-corrected chi connectivity index (χ1v) is 10.6. The predicted octanol–water partition coefficient (Wildman–Crippen LogP) is 3.89. The number of aryl methyl sites for hydroxylation is 1. The number of hydrogen-bond donors (Lipinski definition) is 3. The van der Waals surface area contributed by atoms with Crippen molar-refractivity contribution in [1.29, 1.82) is 0 Å². The minimum absolute atomic E-state index is 0. The fraction of sp³-hybridized carbons (Fsp3) is 0.522. The summed E-state index contributed by atoms with van der Waals surface area (Å²) < 4.78 is 17.3. The van der Waals surface area contributed by atoms with Crippen molar-refractivity contribution < 1.29 is 19.0 Å². The number of nitrogens with zero attached hydrogens (tertiary/aromatic N) is 1. The molecule has 0 radical (unpaired) electrons. The number of rotatable bonds is 8. The number of aliphatic imine (C=N–C) groups is 1. The molecule has 0 amide bonds. The van der Waals surface area contributed by atoms with Crippen molar-refractivity contribution in [2.75, 3.05) is 19.7 Å². The van der Waals surface area contributed by atoms with Crippen molar-refractivity contribution in [1.82, 2.24) is 10.6 Å². The van der Waals surface area contributed by atoms with Crippen molar-refractivity contribution >= 4 is 29.9 Å². The van der Waals surface area contributed by atoms with Crippen molar-refractivity contribution in [2.24, 2.45) is 4.99 Å². The van der Waals surface area contributed by atoms with E-state index in [1.807, 2.05) is 32.9 Å². The van der Waals surface area contributed by atoms with E-state index in [2.05, 4.69) is 23.6 Å². The Balaban J connectivity index is 0.00000341. The van der Waals surface area contributed by atoms with Gasteiger partial charge in [-0.05, 0) is 58.9 Å². The second-order valence-corrected chi connectivity index (χ2v) is 7.87. The number of aliphatic hydroxyl groups is 1. The molecule has 31 heavy (non-hydrogen) atoms. The third-order valence-electron chi connectivity index (χ3n) is 5.00. The zero-order valence-corrected chi connectivity index (χ0v) is 21.3. The van der Waals surface area contributed by atoms with Crippen LogP contribution in [0.4, 0.5) is 0 Å². The summed E-state index contributed by atoms with van der Waals surface area (Å²) in [6.07, 6.45) is 1.07. The van der Waals surface area contributed by atoms with Gasteiger partial charge in [0, 0.05) is 24.1 Å². The maximum atomic E-state index is 10.8. The summed E-state index contributed by atoms with van der Waals surface area (Å²) in [5, 5.41) is 17.2. The number of hydrogen-bond acceptors (Lipinski definition) is 5. The smallest absolute Gasteiger partial charge is 0.191 e. The predicted molar refractivity (Wildman–Crippen MR) is 133 cm³/mol. The molecule has 2 atom stereocenters. The Kier molecular flexibility index (Phi) is 9.05. The summed E-state index contributed by atoms with van der Waals surface area (Å²) in [4.78, 5) is 4.69. The fourth-order valence-corrected chi connectivity index (χ4v) is 3.47. The number of guanidine groups is 1. The maximum absolute atomic E-state index is 10.8. The van der Waals surface area contributed by atoms with Crippen molar-refractivity contribution in [3.05, 3.63) is 46.9 Å². The second-order valence-electron chi connectivity index (χ2n) is 7.87. The molecule has 3 rings (SSSR count). The van der Waals surface area contributed by atoms with Crippen molar-refractivity contribution in [3.8, 4) is 11.5 Å². The number of fused-ring (bicyclic) bond motifs is 1. The van der Waals surface area contributed by atoms with E-state index in [0.717, 1.165) is 29.2 Å². The van der Waals surface area contributed by atoms with Crippen LogP contribution in [0.2, 0.25) is 0 Å². The van der Waals surface area contributed by atoms with E-state index in [9.17, 15) is 5.11 Å². The van der Waals surface area contributed by atoms with Crippen LogP contribution in [-0.2, 0) is 18.6 Å². The molecule has 0 fully saturated rings. The summed E-state index contributed by atoms with van der Waals surface area (Å²) in [6, 6.07) is 7.73. The molecule has 7 nitrogen and oxygen atoms in total. The van der Waals surface area contributed by atoms with Gasteiger partial charge in [-0.15, -0.1) is 24.0 Å². The molecular weight excluding hydrogens is 509 g/mol. The van der Waals surface area contributed by atoms with E-state index in [1.54, 1.807) is 13.0 Å². The van der Waals surface area contributed by atoms with Gasteiger partial charge in [-0.1, -0.05) is 0 Å². The van der Waals surface area contributed by atoms with Gasteiger partial charge in [0.2, 0.25) is 0 Å². The molecule has 2 unspecified atom stereocenters. The molecule has 0 saturated carbocycles. The van der Waals surface area contributed by atoms with E-state index in [-0.39, 0.29) is 36.6 Å². The molecule has 1 aromatic carbocycles. The van der Waals surface area contributed by atoms with Gasteiger partial charge in [-0.25, -0.2) is 4.99 Å². The number of benzene rings is 1. The third-order valence-corrected chi connectivity index (χ3v) is 5.00. The summed E-state index contributed by atoms with van der Waals surface area (Å²) >= 11 is 0. The highest BCUT2D eigenvalue weighted by molar-refractivity contribution is 14.0. The van der Waals surface area contributed by atoms with Gasteiger partial charge >= 0.3 is 0 Å². The first-order chi connectivity index (χ1) is 14.3. The van der Waals surface area contributed by atoms with Crippen LogP contribution in [0, 0.1) is 6.92 Å². The van der Waals surface area contributed by atoms with E-state index < -0.39 is 5.60 Å². The number of halogens is 1. The normalized spacial score (nSPS) is 17.2. The molecule has 1 aliphatic rings. The maximum Gasteiger partial charge on any atom is 0.191 e. The zero-order chi connectivity index (χ0) is 21.7. The Morgan fingerprint density at radius 1 is 1.29 bits per heavy atom. The van der Waals surface area contributed by atoms with Gasteiger partial charge in [0.1, 0.15) is 34.7 Å². The van der Waals surface area contributed by atoms with E-state index in [4.69, 9.17) is 18.9 Å². The van der Waals surface area contributed by atoms with E-state index in [1.165, 1.54) is 5.56 Å². The zero-order valence-electron chi connectivity index (χ0n) is 18.9. The average molecular weight is 543 g/mol. The molecule has 1 aromatic heterocycles. The minimum atomic E-state index is -1.15. The van der Waals surface area contributed by atoms with Gasteiger partial charge in [0.05, 0.1) is 19.7 Å². The molecule has 2 aromatic rings. The first kappa shape index (κ1) is 25.3. The van der Waals surface area contributed by atoms with Crippen LogP contribution >= 0.6 is 24.0 Å². The van der Waals surface area contributed by atoms with Crippen LogP contribution < -0.4 is 20.1 Å². The Morgan fingerprint density at radius 3 is 2.71 bits per heavy atom. The molecule has 8 heteroatoms. The average Bonchev–Trinajstić information content (AvgIpc) is 3.29. The van der Waals surface area contributed by atoms with Crippen LogP contribution in [0.1, 0.15) is 50.3 Å². The van der Waals surface area contributed by atoms with Crippen molar-refractivity contribution in [2.45, 2.75) is 59.3 Å². The standard InChI is InChI=1S/C23H33N3O4.HI/c1-6-24-22(26-14-23(5,27)21-9-8-15(3)30-21)25-13-18-12-20-17(10-16(4)29-20)11-19(18)28-7-2;/h8-9,11-12,16,27H,6-7,10,13-14H2,1-5H3,(H2,24,25,26);1H. The molecular formula is C23H34IN3O4. The summed E-state index contributed by atoms with van der Waals surface area (Å²) in [5.41, 5.74) is 0.988. The van der Waals surface area contributed by atoms with Gasteiger partial charge < -0.3 is 29.6 Å². The number of ether oxygens (including phenoxy) is 2. The SMILES string of the molecule is CCNC(=NCc1cc2c(cc1OCC)CC(C)O2)NCC(C)(O)c1ccc(C)o1.I. The summed E-state index contributed by atoms with van der Waals surface area (Å²) in [6.45, 7) is 11.6. The summed E-state index contributed by atoms with van der Waals surface area (Å²) in [5.74, 6) is 3.64. The van der Waals surface area contributed by atoms with Gasteiger partial charge in [-0.2, -0.15) is 0 Å². The van der Waals surface area contributed by atoms with Gasteiger partial charge in [0.15, 0.2) is 5.96 Å². The lowest BCUT2D eigenvalue weighted by molar-refractivity contribution is 0.0378. The molecule has 0 bridgehead atoms. The Hall–Kier alpha value is -1.94. The lowest BCUT2D eigenvalue weighted by Gasteiger charge is -2.23. The van der Waals surface area contributed by atoms with Crippen LogP contribution in [0.15, 0.2) is 33.7 Å². The third kappa shape index (κ3) is 6.52. The monoisotopic (exact) mass is 543 g/mol. The lowest BCUT2D eigenvalue weighted by Crippen LogP contribution is -2.44. The summed E-state index contributed by atoms with van der Waals surface area (Å²) in [7, 11) is 0. The quantitative estimate of drug-likeness (QED) is 0.266.